The quantitative estimate of drug-likeness (QED) is 0.679. The third-order valence-electron chi connectivity index (χ3n) is 3.09. The number of hydrogen-bond donors (Lipinski definition) is 1. The van der Waals surface area contributed by atoms with Gasteiger partial charge in [-0.2, -0.15) is 11.3 Å². The van der Waals surface area contributed by atoms with Crippen molar-refractivity contribution in [1.29, 1.82) is 0 Å². The lowest BCUT2D eigenvalue weighted by Gasteiger charge is -2.21. The molecule has 2 aromatic rings. The lowest BCUT2D eigenvalue weighted by molar-refractivity contribution is 0.596. The highest BCUT2D eigenvalue weighted by Gasteiger charge is 2.18. The number of benzene rings is 1. The Kier molecular flexibility index (Phi) is 5.63. The summed E-state index contributed by atoms with van der Waals surface area (Å²) in [4.78, 5) is 0. The Morgan fingerprint density at radius 3 is 2.58 bits per heavy atom. The van der Waals surface area contributed by atoms with E-state index in [1.54, 1.807) is 11.3 Å². The molecule has 0 amide bonds. The van der Waals surface area contributed by atoms with Gasteiger partial charge in [-0.1, -0.05) is 28.9 Å². The molecular formula is C15H17Br2NS. The van der Waals surface area contributed by atoms with Crippen molar-refractivity contribution in [3.8, 4) is 0 Å². The van der Waals surface area contributed by atoms with Gasteiger partial charge >= 0.3 is 0 Å². The Bertz CT molecular complexity index is 551. The van der Waals surface area contributed by atoms with Crippen LogP contribution in [0.4, 0.5) is 0 Å². The lowest BCUT2D eigenvalue weighted by atomic mass is 9.97. The summed E-state index contributed by atoms with van der Waals surface area (Å²) in [6.07, 6.45) is 1.13. The highest BCUT2D eigenvalue weighted by Crippen LogP contribution is 2.33. The number of halogens is 2. The molecule has 1 aromatic heterocycles. The van der Waals surface area contributed by atoms with Crippen LogP contribution in [0.1, 0.15) is 36.1 Å². The molecular weight excluding hydrogens is 386 g/mol. The fourth-order valence-electron chi connectivity index (χ4n) is 2.14. The monoisotopic (exact) mass is 401 g/mol. The molecule has 0 saturated carbocycles. The molecule has 0 spiro atoms. The van der Waals surface area contributed by atoms with Gasteiger partial charge in [0.1, 0.15) is 0 Å². The zero-order valence-electron chi connectivity index (χ0n) is 11.0. The zero-order valence-corrected chi connectivity index (χ0v) is 15.0. The number of nitrogens with one attached hydrogen (secondary N) is 1. The SMILES string of the molecule is CCCNC(c1ccc(Br)cc1C)c1cscc1Br. The van der Waals surface area contributed by atoms with Crippen LogP contribution in [0.15, 0.2) is 37.9 Å². The van der Waals surface area contributed by atoms with E-state index >= 15 is 0 Å². The minimum absolute atomic E-state index is 0.258. The van der Waals surface area contributed by atoms with Crippen LogP contribution < -0.4 is 5.32 Å². The Morgan fingerprint density at radius 2 is 2.00 bits per heavy atom. The van der Waals surface area contributed by atoms with E-state index in [4.69, 9.17) is 0 Å². The molecule has 1 heterocycles. The summed E-state index contributed by atoms with van der Waals surface area (Å²) in [5, 5.41) is 8.01. The highest BCUT2D eigenvalue weighted by atomic mass is 79.9. The Hall–Kier alpha value is -0.160. The Labute approximate surface area is 135 Å². The number of aryl methyl sites for hydroxylation is 1. The van der Waals surface area contributed by atoms with Crippen molar-refractivity contribution in [3.05, 3.63) is 54.6 Å². The maximum absolute atomic E-state index is 3.66. The fourth-order valence-corrected chi connectivity index (χ4v) is 4.16. The van der Waals surface area contributed by atoms with Crippen LogP contribution in [0.5, 0.6) is 0 Å². The second kappa shape index (κ2) is 7.02. The summed E-state index contributed by atoms with van der Waals surface area (Å²) in [7, 11) is 0. The molecule has 1 aromatic carbocycles. The molecule has 1 nitrogen and oxygen atoms in total. The van der Waals surface area contributed by atoms with E-state index in [-0.39, 0.29) is 6.04 Å². The molecule has 0 fully saturated rings. The molecule has 4 heteroatoms. The van der Waals surface area contributed by atoms with E-state index in [9.17, 15) is 0 Å². The van der Waals surface area contributed by atoms with Gasteiger partial charge in [0.25, 0.3) is 0 Å². The van der Waals surface area contributed by atoms with E-state index in [1.807, 2.05) is 0 Å². The smallest absolute Gasteiger partial charge is 0.0598 e. The molecule has 0 saturated heterocycles. The van der Waals surface area contributed by atoms with E-state index < -0.39 is 0 Å². The third kappa shape index (κ3) is 3.69. The molecule has 2 rings (SSSR count). The zero-order chi connectivity index (χ0) is 13.8. The third-order valence-corrected chi connectivity index (χ3v) is 5.34. The molecule has 1 atom stereocenters. The predicted molar refractivity (Wildman–Crippen MR) is 91.0 cm³/mol. The van der Waals surface area contributed by atoms with Gasteiger partial charge in [0.05, 0.1) is 6.04 Å². The van der Waals surface area contributed by atoms with Gasteiger partial charge < -0.3 is 5.32 Å². The van der Waals surface area contributed by atoms with Gasteiger partial charge in [-0.15, -0.1) is 0 Å². The van der Waals surface area contributed by atoms with Gasteiger partial charge in [-0.25, -0.2) is 0 Å². The van der Waals surface area contributed by atoms with Gasteiger partial charge in [0.15, 0.2) is 0 Å². The maximum Gasteiger partial charge on any atom is 0.0598 e. The lowest BCUT2D eigenvalue weighted by Crippen LogP contribution is -2.23. The van der Waals surface area contributed by atoms with Crippen LogP contribution in [-0.2, 0) is 0 Å². The first-order valence-corrected chi connectivity index (χ1v) is 8.87. The number of thiophene rings is 1. The fraction of sp³-hybridized carbons (Fsp3) is 0.333. The summed E-state index contributed by atoms with van der Waals surface area (Å²) < 4.78 is 2.32. The highest BCUT2D eigenvalue weighted by molar-refractivity contribution is 9.10. The summed E-state index contributed by atoms with van der Waals surface area (Å²) in [6, 6.07) is 6.75. The molecule has 102 valence electrons. The molecule has 0 bridgehead atoms. The largest absolute Gasteiger partial charge is 0.306 e. The standard InChI is InChI=1S/C15H17Br2NS/c1-3-6-18-15(13-8-19-9-14(13)17)12-5-4-11(16)7-10(12)2/h4-5,7-9,15,18H,3,6H2,1-2H3. The van der Waals surface area contributed by atoms with Crippen LogP contribution >= 0.6 is 43.2 Å². The van der Waals surface area contributed by atoms with Crippen LogP contribution in [0.3, 0.4) is 0 Å². The predicted octanol–water partition coefficient (Wildman–Crippen LogP) is 5.67. The maximum atomic E-state index is 3.66. The first-order valence-electron chi connectivity index (χ1n) is 6.34. The van der Waals surface area contributed by atoms with E-state index in [2.05, 4.69) is 80.0 Å². The summed E-state index contributed by atoms with van der Waals surface area (Å²) in [6.45, 7) is 5.38. The first-order chi connectivity index (χ1) is 9.13. The van der Waals surface area contributed by atoms with Crippen LogP contribution in [0, 0.1) is 6.92 Å². The van der Waals surface area contributed by atoms with Crippen molar-refractivity contribution in [2.24, 2.45) is 0 Å². The molecule has 0 aliphatic heterocycles. The summed E-state index contributed by atoms with van der Waals surface area (Å²) in [5.41, 5.74) is 3.97. The van der Waals surface area contributed by atoms with Crippen molar-refractivity contribution in [2.45, 2.75) is 26.3 Å². The van der Waals surface area contributed by atoms with Gasteiger partial charge in [-0.05, 0) is 70.0 Å². The molecule has 0 aliphatic rings. The molecule has 1 unspecified atom stereocenters. The van der Waals surface area contributed by atoms with Crippen LogP contribution in [-0.4, -0.2) is 6.54 Å². The van der Waals surface area contributed by atoms with Crippen molar-refractivity contribution in [2.75, 3.05) is 6.54 Å². The number of hydrogen-bond acceptors (Lipinski definition) is 2. The molecule has 0 aliphatic carbocycles. The normalized spacial score (nSPS) is 12.6. The molecule has 0 radical (unpaired) electrons. The molecule has 19 heavy (non-hydrogen) atoms. The van der Waals surface area contributed by atoms with E-state index in [1.165, 1.54) is 21.2 Å². The minimum Gasteiger partial charge on any atom is -0.306 e. The molecule has 1 N–H and O–H groups in total. The van der Waals surface area contributed by atoms with E-state index in [0.29, 0.717) is 0 Å². The van der Waals surface area contributed by atoms with Crippen LogP contribution in [0.2, 0.25) is 0 Å². The van der Waals surface area contributed by atoms with Crippen molar-refractivity contribution >= 4 is 43.2 Å². The van der Waals surface area contributed by atoms with Crippen molar-refractivity contribution in [3.63, 3.8) is 0 Å². The van der Waals surface area contributed by atoms with Crippen molar-refractivity contribution < 1.29 is 0 Å². The summed E-state index contributed by atoms with van der Waals surface area (Å²) >= 11 is 8.93. The second-order valence-corrected chi connectivity index (χ2v) is 7.08. The van der Waals surface area contributed by atoms with Gasteiger partial charge in [-0.3, -0.25) is 0 Å². The van der Waals surface area contributed by atoms with Crippen molar-refractivity contribution in [1.82, 2.24) is 5.32 Å². The number of rotatable bonds is 5. The Morgan fingerprint density at radius 1 is 1.21 bits per heavy atom. The average molecular weight is 403 g/mol. The topological polar surface area (TPSA) is 12.0 Å². The minimum atomic E-state index is 0.258. The average Bonchev–Trinajstić information content (AvgIpc) is 2.78. The first kappa shape index (κ1) is 15.2. The van der Waals surface area contributed by atoms with Gasteiger partial charge in [0.2, 0.25) is 0 Å². The summed E-state index contributed by atoms with van der Waals surface area (Å²) in [5.74, 6) is 0. The van der Waals surface area contributed by atoms with Crippen LogP contribution in [0.25, 0.3) is 0 Å². The van der Waals surface area contributed by atoms with Gasteiger partial charge in [0, 0.05) is 14.3 Å². The van der Waals surface area contributed by atoms with E-state index in [0.717, 1.165) is 17.4 Å². The second-order valence-electron chi connectivity index (χ2n) is 4.56. The Balaban J connectivity index is 2.40.